The number of ether oxygens (including phenoxy) is 1. The van der Waals surface area contributed by atoms with Crippen molar-refractivity contribution in [2.45, 2.75) is 32.0 Å². The van der Waals surface area contributed by atoms with Crippen LogP contribution >= 0.6 is 0 Å². The lowest BCUT2D eigenvalue weighted by atomic mass is 9.69. The van der Waals surface area contributed by atoms with Gasteiger partial charge in [0, 0.05) is 13.2 Å². The van der Waals surface area contributed by atoms with Crippen LogP contribution in [0.15, 0.2) is 0 Å². The van der Waals surface area contributed by atoms with Gasteiger partial charge < -0.3 is 9.84 Å². The fourth-order valence-corrected chi connectivity index (χ4v) is 3.22. The van der Waals surface area contributed by atoms with Gasteiger partial charge in [-0.1, -0.05) is 6.92 Å². The van der Waals surface area contributed by atoms with Crippen molar-refractivity contribution in [1.29, 1.82) is 0 Å². The fourth-order valence-electron chi connectivity index (χ4n) is 3.22. The summed E-state index contributed by atoms with van der Waals surface area (Å²) < 4.78 is 43.4. The number of alkyl halides is 3. The van der Waals surface area contributed by atoms with Gasteiger partial charge in [0.2, 0.25) is 0 Å². The van der Waals surface area contributed by atoms with Crippen LogP contribution < -0.4 is 0 Å². The van der Waals surface area contributed by atoms with Crippen LogP contribution in [0.5, 0.6) is 0 Å². The quantitative estimate of drug-likeness (QED) is 0.759. The van der Waals surface area contributed by atoms with Crippen LogP contribution in [0, 0.1) is 23.7 Å². The van der Waals surface area contributed by atoms with Crippen molar-refractivity contribution in [2.24, 2.45) is 23.7 Å². The van der Waals surface area contributed by atoms with Crippen LogP contribution in [-0.2, 0) is 4.74 Å². The van der Waals surface area contributed by atoms with E-state index < -0.39 is 12.1 Å². The van der Waals surface area contributed by atoms with Crippen LogP contribution in [0.25, 0.3) is 0 Å². The number of aliphatic hydroxyl groups is 1. The summed E-state index contributed by atoms with van der Waals surface area (Å²) in [7, 11) is 0. The van der Waals surface area contributed by atoms with Gasteiger partial charge in [-0.25, -0.2) is 0 Å². The largest absolute Gasteiger partial charge is 0.396 e. The highest BCUT2D eigenvalue weighted by Crippen LogP contribution is 2.48. The van der Waals surface area contributed by atoms with Crippen molar-refractivity contribution in [2.75, 3.05) is 13.2 Å². The minimum absolute atomic E-state index is 0.0505. The molecule has 0 aromatic carbocycles. The monoisotopic (exact) mass is 238 g/mol. The zero-order valence-electron chi connectivity index (χ0n) is 9.20. The van der Waals surface area contributed by atoms with Crippen molar-refractivity contribution in [1.82, 2.24) is 0 Å². The maximum atomic E-state index is 12.7. The molecule has 5 atom stereocenters. The zero-order valence-corrected chi connectivity index (χ0v) is 9.20. The van der Waals surface area contributed by atoms with Crippen LogP contribution in [0.3, 0.4) is 0 Å². The van der Waals surface area contributed by atoms with Gasteiger partial charge in [-0.05, 0) is 30.6 Å². The Balaban J connectivity index is 2.12. The van der Waals surface area contributed by atoms with E-state index in [2.05, 4.69) is 0 Å². The average Bonchev–Trinajstić information content (AvgIpc) is 2.58. The summed E-state index contributed by atoms with van der Waals surface area (Å²) in [5.74, 6) is -1.21. The van der Waals surface area contributed by atoms with Crippen LogP contribution in [0.1, 0.15) is 19.8 Å². The van der Waals surface area contributed by atoms with Crippen molar-refractivity contribution >= 4 is 0 Å². The Hall–Kier alpha value is -0.290. The van der Waals surface area contributed by atoms with Gasteiger partial charge >= 0.3 is 6.18 Å². The first-order chi connectivity index (χ1) is 7.43. The molecule has 2 rings (SSSR count). The molecule has 0 unspecified atom stereocenters. The fraction of sp³-hybridized carbons (Fsp3) is 1.00. The molecule has 94 valence electrons. The Kier molecular flexibility index (Phi) is 3.18. The number of rotatable bonds is 1. The summed E-state index contributed by atoms with van der Waals surface area (Å²) in [5, 5.41) is 9.22. The minimum Gasteiger partial charge on any atom is -0.396 e. The summed E-state index contributed by atoms with van der Waals surface area (Å²) in [6.07, 6.45) is -4.36. The first kappa shape index (κ1) is 12.2. The molecule has 2 fully saturated rings. The van der Waals surface area contributed by atoms with Crippen molar-refractivity contribution in [3.8, 4) is 0 Å². The molecule has 5 heteroatoms. The lowest BCUT2D eigenvalue weighted by Gasteiger charge is -2.38. The zero-order chi connectivity index (χ0) is 11.9. The Bertz CT molecular complexity index is 254. The maximum absolute atomic E-state index is 12.7. The molecule has 2 aliphatic rings. The Morgan fingerprint density at radius 2 is 2.00 bits per heavy atom. The highest BCUT2D eigenvalue weighted by molar-refractivity contribution is 4.94. The summed E-state index contributed by atoms with van der Waals surface area (Å²) in [6.45, 7) is 2.35. The molecule has 0 aromatic heterocycles. The van der Waals surface area contributed by atoms with E-state index in [0.29, 0.717) is 6.61 Å². The molecule has 0 aromatic rings. The van der Waals surface area contributed by atoms with E-state index in [-0.39, 0.29) is 43.3 Å². The highest BCUT2D eigenvalue weighted by Gasteiger charge is 2.52. The van der Waals surface area contributed by atoms with Gasteiger partial charge in [0.15, 0.2) is 0 Å². The van der Waals surface area contributed by atoms with E-state index >= 15 is 0 Å². The smallest absolute Gasteiger partial charge is 0.391 e. The van der Waals surface area contributed by atoms with Gasteiger partial charge in [-0.3, -0.25) is 0 Å². The number of hydrogen-bond acceptors (Lipinski definition) is 2. The number of aliphatic hydroxyl groups excluding tert-OH is 1. The SMILES string of the molecule is C[C@@H]1CO[C@@H]2C[C@H](C(F)(F)F)C[C@H](CO)[C@H]12. The second kappa shape index (κ2) is 4.18. The standard InChI is InChI=1S/C11H17F3O2/c1-6-5-16-9-3-8(11(12,13)14)2-7(4-15)10(6)9/h6-10,15H,2-5H2,1H3/t6-,7-,8-,9-,10+/m1/s1. The van der Waals surface area contributed by atoms with Crippen LogP contribution in [-0.4, -0.2) is 30.6 Å². The third-order valence-electron chi connectivity index (χ3n) is 4.01. The lowest BCUT2D eigenvalue weighted by Crippen LogP contribution is -2.42. The minimum atomic E-state index is -4.16. The third-order valence-corrected chi connectivity index (χ3v) is 4.01. The van der Waals surface area contributed by atoms with E-state index in [1.54, 1.807) is 0 Å². The molecule has 1 aliphatic heterocycles. The topological polar surface area (TPSA) is 29.5 Å². The molecule has 0 bridgehead atoms. The van der Waals surface area contributed by atoms with Crippen LogP contribution in [0.2, 0.25) is 0 Å². The molecule has 0 radical (unpaired) electrons. The summed E-state index contributed by atoms with van der Waals surface area (Å²) in [4.78, 5) is 0. The van der Waals surface area contributed by atoms with Gasteiger partial charge in [0.25, 0.3) is 0 Å². The molecule has 1 N–H and O–H groups in total. The third kappa shape index (κ3) is 2.07. The normalized spacial score (nSPS) is 44.4. The second-order valence-corrected chi connectivity index (χ2v) is 5.08. The number of hydrogen-bond donors (Lipinski definition) is 1. The van der Waals surface area contributed by atoms with E-state index in [0.717, 1.165) is 0 Å². The lowest BCUT2D eigenvalue weighted by molar-refractivity contribution is -0.200. The Labute approximate surface area is 92.8 Å². The van der Waals surface area contributed by atoms with Gasteiger partial charge in [0.1, 0.15) is 0 Å². The molecular formula is C11H17F3O2. The molecule has 1 saturated heterocycles. The molecule has 0 amide bonds. The molecule has 0 spiro atoms. The van der Waals surface area contributed by atoms with Crippen molar-refractivity contribution in [3.63, 3.8) is 0 Å². The Morgan fingerprint density at radius 1 is 1.31 bits per heavy atom. The van der Waals surface area contributed by atoms with Gasteiger partial charge in [-0.2, -0.15) is 13.2 Å². The predicted molar refractivity (Wildman–Crippen MR) is 51.7 cm³/mol. The van der Waals surface area contributed by atoms with Crippen molar-refractivity contribution < 1.29 is 23.0 Å². The first-order valence-corrected chi connectivity index (χ1v) is 5.72. The van der Waals surface area contributed by atoms with E-state index in [1.165, 1.54) is 0 Å². The summed E-state index contributed by atoms with van der Waals surface area (Å²) >= 11 is 0. The van der Waals surface area contributed by atoms with Crippen molar-refractivity contribution in [3.05, 3.63) is 0 Å². The van der Waals surface area contributed by atoms with Gasteiger partial charge in [-0.15, -0.1) is 0 Å². The van der Waals surface area contributed by atoms with Crippen LogP contribution in [0.4, 0.5) is 13.2 Å². The Morgan fingerprint density at radius 3 is 2.56 bits per heavy atom. The highest BCUT2D eigenvalue weighted by atomic mass is 19.4. The van der Waals surface area contributed by atoms with E-state index in [9.17, 15) is 18.3 Å². The molecule has 2 nitrogen and oxygen atoms in total. The summed E-state index contributed by atoms with van der Waals surface area (Å²) in [6, 6.07) is 0. The molecular weight excluding hydrogens is 221 g/mol. The maximum Gasteiger partial charge on any atom is 0.391 e. The van der Waals surface area contributed by atoms with E-state index in [4.69, 9.17) is 4.74 Å². The van der Waals surface area contributed by atoms with E-state index in [1.807, 2.05) is 6.92 Å². The first-order valence-electron chi connectivity index (χ1n) is 5.72. The second-order valence-electron chi connectivity index (χ2n) is 5.08. The molecule has 16 heavy (non-hydrogen) atoms. The number of halogens is 3. The number of fused-ring (bicyclic) bond motifs is 1. The molecule has 1 saturated carbocycles. The summed E-state index contributed by atoms with van der Waals surface area (Å²) in [5.41, 5.74) is 0. The average molecular weight is 238 g/mol. The molecule has 1 aliphatic carbocycles. The predicted octanol–water partition coefficient (Wildman–Crippen LogP) is 2.22. The van der Waals surface area contributed by atoms with Gasteiger partial charge in [0.05, 0.1) is 12.0 Å². The molecule has 1 heterocycles.